The highest BCUT2D eigenvalue weighted by molar-refractivity contribution is 6.47. The first-order chi connectivity index (χ1) is 15.5. The average molecular weight is 512 g/mol. The summed E-state index contributed by atoms with van der Waals surface area (Å²) >= 11 is 18.1. The number of allylic oxidation sites excluding steroid dienone is 2. The van der Waals surface area contributed by atoms with Crippen LogP contribution in [0.2, 0.25) is 10.0 Å². The number of carbonyl (C=O) groups excluding carboxylic acids is 2. The minimum Gasteiger partial charge on any atom is -0.480 e. The van der Waals surface area contributed by atoms with Crippen LogP contribution in [0.25, 0.3) is 0 Å². The number of nitrogens with one attached hydrogen (secondary N) is 2. The van der Waals surface area contributed by atoms with E-state index in [-0.39, 0.29) is 26.4 Å². The normalized spacial score (nSPS) is 16.6. The van der Waals surface area contributed by atoms with Gasteiger partial charge in [-0.1, -0.05) is 41.7 Å². The van der Waals surface area contributed by atoms with Gasteiger partial charge in [0.05, 0.1) is 32.9 Å². The Morgan fingerprint density at radius 3 is 2.24 bits per heavy atom. The van der Waals surface area contributed by atoms with Crippen LogP contribution in [-0.4, -0.2) is 38.8 Å². The summed E-state index contributed by atoms with van der Waals surface area (Å²) < 4.78 is 0. The molecule has 0 saturated heterocycles. The molecule has 0 fully saturated rings. The summed E-state index contributed by atoms with van der Waals surface area (Å²) in [5, 5.41) is 15.7. The number of pyridine rings is 2. The lowest BCUT2D eigenvalue weighted by molar-refractivity contribution is -0.140. The lowest BCUT2D eigenvalue weighted by Crippen LogP contribution is -2.51. The molecule has 2 aromatic rings. The molecule has 2 heterocycles. The van der Waals surface area contributed by atoms with Gasteiger partial charge in [-0.15, -0.1) is 0 Å². The fourth-order valence-electron chi connectivity index (χ4n) is 3.58. The van der Waals surface area contributed by atoms with Crippen LogP contribution in [0.15, 0.2) is 41.5 Å². The van der Waals surface area contributed by atoms with Gasteiger partial charge in [0, 0.05) is 29.7 Å². The van der Waals surface area contributed by atoms with Gasteiger partial charge in [-0.05, 0) is 32.4 Å². The molecule has 2 aromatic heterocycles. The van der Waals surface area contributed by atoms with Crippen molar-refractivity contribution in [2.75, 3.05) is 5.32 Å². The van der Waals surface area contributed by atoms with Gasteiger partial charge in [0.2, 0.25) is 0 Å². The largest absolute Gasteiger partial charge is 0.480 e. The third-order valence-corrected chi connectivity index (χ3v) is 6.46. The van der Waals surface area contributed by atoms with E-state index in [4.69, 9.17) is 34.8 Å². The predicted octanol–water partition coefficient (Wildman–Crippen LogP) is 4.63. The number of hydrogen-bond donors (Lipinski definition) is 3. The molecule has 33 heavy (non-hydrogen) atoms. The smallest absolute Gasteiger partial charge is 0.326 e. The minimum atomic E-state index is -1.10. The van der Waals surface area contributed by atoms with Crippen molar-refractivity contribution in [1.82, 2.24) is 15.3 Å². The van der Waals surface area contributed by atoms with Gasteiger partial charge in [0.15, 0.2) is 5.78 Å². The summed E-state index contributed by atoms with van der Waals surface area (Å²) in [5.74, 6) is -2.40. The van der Waals surface area contributed by atoms with E-state index < -0.39 is 29.3 Å². The molecule has 1 aliphatic rings. The van der Waals surface area contributed by atoms with E-state index in [2.05, 4.69) is 20.6 Å². The third kappa shape index (κ3) is 4.83. The number of carbonyl (C=O) groups is 3. The third-order valence-electron chi connectivity index (χ3n) is 5.52. The number of Topliss-reactive ketones (excluding diaryl/α,β-unsaturated/α-hetero) is 1. The molecule has 3 N–H and O–H groups in total. The van der Waals surface area contributed by atoms with Crippen LogP contribution >= 0.6 is 34.8 Å². The molecule has 8 nitrogen and oxygen atoms in total. The van der Waals surface area contributed by atoms with E-state index in [9.17, 15) is 19.5 Å². The average Bonchev–Trinajstić information content (AvgIpc) is 2.76. The van der Waals surface area contributed by atoms with Crippen molar-refractivity contribution in [1.29, 1.82) is 0 Å². The maximum Gasteiger partial charge on any atom is 0.326 e. The first-order valence-corrected chi connectivity index (χ1v) is 11.1. The Morgan fingerprint density at radius 2 is 1.76 bits per heavy atom. The Hall–Kier alpha value is -2.68. The number of amides is 1. The SMILES string of the molecule is CCC(c1ccc(NC(=O)c2c(Cl)cncc2Cl)cn1)[C@H](NC1=C(Cl)C(=O)C1(C)C)C(=O)O. The summed E-state index contributed by atoms with van der Waals surface area (Å²) in [6.07, 6.45) is 4.49. The molecule has 1 unspecified atom stereocenters. The number of aliphatic carboxylic acids is 1. The molecule has 0 aliphatic heterocycles. The molecule has 0 aromatic carbocycles. The van der Waals surface area contributed by atoms with Crippen molar-refractivity contribution in [3.8, 4) is 0 Å². The van der Waals surface area contributed by atoms with E-state index in [1.165, 1.54) is 18.6 Å². The van der Waals surface area contributed by atoms with Crippen molar-refractivity contribution >= 4 is 58.1 Å². The number of aromatic nitrogens is 2. The topological polar surface area (TPSA) is 121 Å². The highest BCUT2D eigenvalue weighted by Crippen LogP contribution is 2.43. The molecule has 0 bridgehead atoms. The van der Waals surface area contributed by atoms with Gasteiger partial charge in [0.1, 0.15) is 11.1 Å². The lowest BCUT2D eigenvalue weighted by atomic mass is 9.74. The van der Waals surface area contributed by atoms with Crippen LogP contribution in [0.5, 0.6) is 0 Å². The van der Waals surface area contributed by atoms with Crippen LogP contribution < -0.4 is 10.6 Å². The second-order valence-electron chi connectivity index (χ2n) is 8.02. The number of carboxylic acid groups (broad SMARTS) is 1. The van der Waals surface area contributed by atoms with Crippen LogP contribution in [-0.2, 0) is 9.59 Å². The zero-order valence-electron chi connectivity index (χ0n) is 17.9. The molecular formula is C22H21Cl3N4O4. The van der Waals surface area contributed by atoms with Crippen LogP contribution in [0.3, 0.4) is 0 Å². The number of ketones is 1. The van der Waals surface area contributed by atoms with Crippen molar-refractivity contribution in [2.45, 2.75) is 39.2 Å². The van der Waals surface area contributed by atoms with Gasteiger partial charge in [-0.3, -0.25) is 19.6 Å². The molecule has 0 saturated carbocycles. The second kappa shape index (κ2) is 9.67. The summed E-state index contributed by atoms with van der Waals surface area (Å²) in [4.78, 5) is 44.7. The van der Waals surface area contributed by atoms with Crippen molar-refractivity contribution in [3.63, 3.8) is 0 Å². The minimum absolute atomic E-state index is 0.0144. The zero-order chi connectivity index (χ0) is 24.5. The van der Waals surface area contributed by atoms with Crippen LogP contribution in [0, 0.1) is 5.41 Å². The van der Waals surface area contributed by atoms with E-state index in [0.29, 0.717) is 23.5 Å². The molecule has 1 amide bonds. The highest BCUT2D eigenvalue weighted by atomic mass is 35.5. The molecule has 2 atom stereocenters. The van der Waals surface area contributed by atoms with E-state index >= 15 is 0 Å². The second-order valence-corrected chi connectivity index (χ2v) is 9.21. The molecular weight excluding hydrogens is 491 g/mol. The van der Waals surface area contributed by atoms with Gasteiger partial charge in [-0.2, -0.15) is 0 Å². The summed E-state index contributed by atoms with van der Waals surface area (Å²) in [7, 11) is 0. The molecule has 3 rings (SSSR count). The number of hydrogen-bond acceptors (Lipinski definition) is 6. The molecule has 0 spiro atoms. The molecule has 11 heteroatoms. The van der Waals surface area contributed by atoms with Gasteiger partial charge < -0.3 is 15.7 Å². The zero-order valence-corrected chi connectivity index (χ0v) is 20.2. The number of carboxylic acids is 1. The monoisotopic (exact) mass is 510 g/mol. The summed E-state index contributed by atoms with van der Waals surface area (Å²) in [6, 6.07) is 2.17. The maximum absolute atomic E-state index is 12.5. The first-order valence-electron chi connectivity index (χ1n) is 9.99. The summed E-state index contributed by atoms with van der Waals surface area (Å²) in [5.41, 5.74) is 0.478. The van der Waals surface area contributed by atoms with Crippen LogP contribution in [0.4, 0.5) is 5.69 Å². The Balaban J connectivity index is 1.81. The van der Waals surface area contributed by atoms with E-state index in [0.717, 1.165) is 0 Å². The Bertz CT molecular complexity index is 1130. The number of anilines is 1. The Morgan fingerprint density at radius 1 is 1.12 bits per heavy atom. The number of nitrogens with zero attached hydrogens (tertiary/aromatic N) is 2. The van der Waals surface area contributed by atoms with Crippen molar-refractivity contribution in [2.24, 2.45) is 5.41 Å². The fourth-order valence-corrected chi connectivity index (χ4v) is 4.65. The fraction of sp³-hybridized carbons (Fsp3) is 0.318. The quantitative estimate of drug-likeness (QED) is 0.472. The van der Waals surface area contributed by atoms with E-state index in [1.54, 1.807) is 26.0 Å². The number of halogens is 3. The molecule has 174 valence electrons. The maximum atomic E-state index is 12.5. The predicted molar refractivity (Wildman–Crippen MR) is 126 cm³/mol. The standard InChI is InChI=1S/C22H21Cl3N4O4/c1-4-11(17(21(32)33)29-18-16(25)19(30)22(18,2)3)14-6-5-10(7-27-14)28-20(31)15-12(23)8-26-9-13(15)24/h5-9,11,17,29H,4H2,1-3H3,(H,28,31)(H,32,33)/t11?,17-/m0/s1. The van der Waals surface area contributed by atoms with Crippen molar-refractivity contribution in [3.05, 3.63) is 62.8 Å². The van der Waals surface area contributed by atoms with Crippen molar-refractivity contribution < 1.29 is 19.5 Å². The lowest BCUT2D eigenvalue weighted by Gasteiger charge is -2.39. The molecule has 1 aliphatic carbocycles. The van der Waals surface area contributed by atoms with E-state index in [1.807, 2.05) is 6.92 Å². The Kier molecular flexibility index (Phi) is 7.31. The van der Waals surface area contributed by atoms with Crippen LogP contribution in [0.1, 0.15) is 49.2 Å². The summed E-state index contributed by atoms with van der Waals surface area (Å²) in [6.45, 7) is 5.20. The molecule has 0 radical (unpaired) electrons. The Labute approximate surface area is 205 Å². The highest BCUT2D eigenvalue weighted by Gasteiger charge is 2.48. The number of rotatable bonds is 8. The van der Waals surface area contributed by atoms with Gasteiger partial charge in [0.25, 0.3) is 5.91 Å². The first kappa shape index (κ1) is 25.0. The van der Waals surface area contributed by atoms with Gasteiger partial charge in [-0.25, -0.2) is 4.79 Å². The van der Waals surface area contributed by atoms with Gasteiger partial charge >= 0.3 is 5.97 Å².